The summed E-state index contributed by atoms with van der Waals surface area (Å²) >= 11 is 0. The molecule has 2 rings (SSSR count). The van der Waals surface area contributed by atoms with Gasteiger partial charge < -0.3 is 10.6 Å². The first kappa shape index (κ1) is 12.0. The smallest absolute Gasteiger partial charge is 0.221 e. The molecule has 1 fully saturated rings. The van der Waals surface area contributed by atoms with Crippen LogP contribution in [-0.2, 0) is 4.79 Å². The number of rotatable bonds is 6. The molecule has 0 spiro atoms. The lowest BCUT2D eigenvalue weighted by atomic mass is 10.1. The Morgan fingerprint density at radius 3 is 2.82 bits per heavy atom. The van der Waals surface area contributed by atoms with E-state index in [0.29, 0.717) is 19.0 Å². The first-order chi connectivity index (χ1) is 8.25. The van der Waals surface area contributed by atoms with Gasteiger partial charge in [-0.25, -0.2) is 0 Å². The van der Waals surface area contributed by atoms with Crippen LogP contribution in [0.2, 0.25) is 0 Å². The maximum atomic E-state index is 11.5. The van der Waals surface area contributed by atoms with Gasteiger partial charge in [0.15, 0.2) is 0 Å². The maximum Gasteiger partial charge on any atom is 0.221 e. The molecule has 0 aromatic carbocycles. The van der Waals surface area contributed by atoms with Crippen molar-refractivity contribution in [1.82, 2.24) is 15.6 Å². The van der Waals surface area contributed by atoms with Crippen molar-refractivity contribution in [1.29, 1.82) is 0 Å². The number of pyridine rings is 1. The van der Waals surface area contributed by atoms with E-state index in [1.165, 1.54) is 5.56 Å². The van der Waals surface area contributed by atoms with Crippen LogP contribution >= 0.6 is 0 Å². The zero-order chi connectivity index (χ0) is 12.1. The van der Waals surface area contributed by atoms with Crippen LogP contribution in [0.5, 0.6) is 0 Å². The summed E-state index contributed by atoms with van der Waals surface area (Å²) in [5.74, 6) is 0.155. The molecule has 4 heteroatoms. The minimum atomic E-state index is 0.155. The largest absolute Gasteiger partial charge is 0.353 e. The fraction of sp³-hybridized carbons (Fsp3) is 0.538. The van der Waals surface area contributed by atoms with Gasteiger partial charge in [-0.1, -0.05) is 0 Å². The van der Waals surface area contributed by atoms with Crippen molar-refractivity contribution in [2.45, 2.75) is 38.3 Å². The van der Waals surface area contributed by atoms with Gasteiger partial charge in [0.25, 0.3) is 0 Å². The number of nitrogens with one attached hydrogen (secondary N) is 2. The van der Waals surface area contributed by atoms with E-state index in [1.807, 2.05) is 12.1 Å². The molecule has 17 heavy (non-hydrogen) atoms. The van der Waals surface area contributed by atoms with Crippen LogP contribution < -0.4 is 10.6 Å². The second-order valence-corrected chi connectivity index (χ2v) is 4.55. The van der Waals surface area contributed by atoms with E-state index in [2.05, 4.69) is 22.5 Å². The summed E-state index contributed by atoms with van der Waals surface area (Å²) in [4.78, 5) is 15.4. The molecule has 1 heterocycles. The van der Waals surface area contributed by atoms with Gasteiger partial charge in [0, 0.05) is 37.4 Å². The predicted octanol–water partition coefficient (Wildman–Crippen LogP) is 1.40. The Morgan fingerprint density at radius 2 is 2.18 bits per heavy atom. The van der Waals surface area contributed by atoms with Gasteiger partial charge in [0.05, 0.1) is 0 Å². The molecule has 1 aromatic heterocycles. The Labute approximate surface area is 102 Å². The molecular formula is C13H19N3O. The molecule has 1 aromatic rings. The van der Waals surface area contributed by atoms with Gasteiger partial charge in [0.2, 0.25) is 5.91 Å². The third-order valence-electron chi connectivity index (χ3n) is 2.95. The van der Waals surface area contributed by atoms with Gasteiger partial charge in [-0.3, -0.25) is 9.78 Å². The molecule has 2 N–H and O–H groups in total. The Balaban J connectivity index is 1.65. The summed E-state index contributed by atoms with van der Waals surface area (Å²) in [6.07, 6.45) is 6.41. The van der Waals surface area contributed by atoms with E-state index in [-0.39, 0.29) is 11.9 Å². The lowest BCUT2D eigenvalue weighted by Gasteiger charge is -2.13. The van der Waals surface area contributed by atoms with Crippen molar-refractivity contribution in [3.8, 4) is 0 Å². The fourth-order valence-corrected chi connectivity index (χ4v) is 1.70. The molecule has 0 radical (unpaired) electrons. The normalized spacial score (nSPS) is 16.5. The van der Waals surface area contributed by atoms with Crippen LogP contribution in [0.25, 0.3) is 0 Å². The average Bonchev–Trinajstić information content (AvgIpc) is 3.14. The molecule has 0 aliphatic heterocycles. The van der Waals surface area contributed by atoms with Crippen LogP contribution in [0, 0.1) is 0 Å². The lowest BCUT2D eigenvalue weighted by Crippen LogP contribution is -2.30. The van der Waals surface area contributed by atoms with Crippen molar-refractivity contribution in [3.63, 3.8) is 0 Å². The number of aromatic nitrogens is 1. The number of carbonyl (C=O) groups excluding carboxylic acids is 1. The van der Waals surface area contributed by atoms with Crippen LogP contribution in [0.15, 0.2) is 24.5 Å². The number of carbonyl (C=O) groups is 1. The minimum absolute atomic E-state index is 0.155. The molecule has 1 saturated carbocycles. The number of amides is 1. The highest BCUT2D eigenvalue weighted by atomic mass is 16.1. The summed E-state index contributed by atoms with van der Waals surface area (Å²) in [5.41, 5.74) is 1.20. The molecule has 1 aliphatic carbocycles. The maximum absolute atomic E-state index is 11.5. The molecule has 1 amide bonds. The molecule has 4 nitrogen and oxygen atoms in total. The summed E-state index contributed by atoms with van der Waals surface area (Å²) < 4.78 is 0. The van der Waals surface area contributed by atoms with Crippen molar-refractivity contribution in [2.75, 3.05) is 6.54 Å². The number of hydrogen-bond donors (Lipinski definition) is 2. The second-order valence-electron chi connectivity index (χ2n) is 4.55. The quantitative estimate of drug-likeness (QED) is 0.781. The molecule has 92 valence electrons. The summed E-state index contributed by atoms with van der Waals surface area (Å²) in [5, 5.41) is 6.31. The molecule has 1 unspecified atom stereocenters. The van der Waals surface area contributed by atoms with Crippen LogP contribution in [-0.4, -0.2) is 23.5 Å². The highest BCUT2D eigenvalue weighted by molar-refractivity contribution is 5.76. The van der Waals surface area contributed by atoms with Gasteiger partial charge >= 0.3 is 0 Å². The van der Waals surface area contributed by atoms with Gasteiger partial charge in [0.1, 0.15) is 0 Å². The van der Waals surface area contributed by atoms with Gasteiger partial charge in [-0.2, -0.15) is 0 Å². The van der Waals surface area contributed by atoms with Crippen LogP contribution in [0.1, 0.15) is 37.8 Å². The summed E-state index contributed by atoms with van der Waals surface area (Å²) in [7, 11) is 0. The number of hydrogen-bond acceptors (Lipinski definition) is 3. The van der Waals surface area contributed by atoms with Crippen molar-refractivity contribution >= 4 is 5.91 Å². The first-order valence-electron chi connectivity index (χ1n) is 6.18. The van der Waals surface area contributed by atoms with Crippen LogP contribution in [0.4, 0.5) is 0 Å². The lowest BCUT2D eigenvalue weighted by molar-refractivity contribution is -0.121. The zero-order valence-electron chi connectivity index (χ0n) is 10.1. The highest BCUT2D eigenvalue weighted by Gasteiger charge is 2.22. The Hall–Kier alpha value is -1.42. The molecule has 0 bridgehead atoms. The SMILES string of the molecule is CC(NCCC(=O)NC1CC1)c1ccncc1. The average molecular weight is 233 g/mol. The molecule has 0 saturated heterocycles. The molecule has 1 atom stereocenters. The third kappa shape index (κ3) is 4.15. The third-order valence-corrected chi connectivity index (χ3v) is 2.95. The van der Waals surface area contributed by atoms with E-state index in [4.69, 9.17) is 0 Å². The standard InChI is InChI=1S/C13H19N3O/c1-10(11-4-7-14-8-5-11)15-9-6-13(17)16-12-2-3-12/h4-5,7-8,10,12,15H,2-3,6,9H2,1H3,(H,16,17). The summed E-state index contributed by atoms with van der Waals surface area (Å²) in [6.45, 7) is 2.80. The van der Waals surface area contributed by atoms with E-state index < -0.39 is 0 Å². The van der Waals surface area contributed by atoms with E-state index in [0.717, 1.165) is 12.8 Å². The van der Waals surface area contributed by atoms with E-state index in [1.54, 1.807) is 12.4 Å². The monoisotopic (exact) mass is 233 g/mol. The number of nitrogens with zero attached hydrogens (tertiary/aromatic N) is 1. The highest BCUT2D eigenvalue weighted by Crippen LogP contribution is 2.18. The predicted molar refractivity (Wildman–Crippen MR) is 66.4 cm³/mol. The fourth-order valence-electron chi connectivity index (χ4n) is 1.70. The zero-order valence-corrected chi connectivity index (χ0v) is 10.1. The summed E-state index contributed by atoms with van der Waals surface area (Å²) in [6, 6.07) is 4.69. The van der Waals surface area contributed by atoms with Crippen molar-refractivity contribution in [2.24, 2.45) is 0 Å². The van der Waals surface area contributed by atoms with E-state index in [9.17, 15) is 4.79 Å². The van der Waals surface area contributed by atoms with Crippen molar-refractivity contribution < 1.29 is 4.79 Å². The van der Waals surface area contributed by atoms with Gasteiger partial charge in [-0.15, -0.1) is 0 Å². The second kappa shape index (κ2) is 5.77. The van der Waals surface area contributed by atoms with Gasteiger partial charge in [-0.05, 0) is 37.5 Å². The molecule has 1 aliphatic rings. The van der Waals surface area contributed by atoms with Crippen LogP contribution in [0.3, 0.4) is 0 Å². The molecular weight excluding hydrogens is 214 g/mol. The Bertz CT molecular complexity index is 362. The first-order valence-corrected chi connectivity index (χ1v) is 6.18. The van der Waals surface area contributed by atoms with Crippen molar-refractivity contribution in [3.05, 3.63) is 30.1 Å². The Morgan fingerprint density at radius 1 is 1.47 bits per heavy atom. The van der Waals surface area contributed by atoms with E-state index >= 15 is 0 Å². The topological polar surface area (TPSA) is 54.0 Å². The minimum Gasteiger partial charge on any atom is -0.353 e. The Kier molecular flexibility index (Phi) is 4.09.